The van der Waals surface area contributed by atoms with Gasteiger partial charge in [0.25, 0.3) is 0 Å². The summed E-state index contributed by atoms with van der Waals surface area (Å²) < 4.78 is 5.97. The third-order valence-electron chi connectivity index (χ3n) is 4.82. The minimum absolute atomic E-state index is 0.139. The SMILES string of the molecule is Cc1ccc(Nc2ccc(C(=O)O)c(OCc3cccc4ccccc34)c2)cc1. The summed E-state index contributed by atoms with van der Waals surface area (Å²) in [4.78, 5) is 11.7. The summed E-state index contributed by atoms with van der Waals surface area (Å²) in [5.41, 5.74) is 4.03. The lowest BCUT2D eigenvalue weighted by Crippen LogP contribution is -2.04. The second-order valence-corrected chi connectivity index (χ2v) is 6.93. The number of carboxylic acids is 1. The molecule has 0 heterocycles. The van der Waals surface area contributed by atoms with E-state index in [2.05, 4.69) is 5.32 Å². The zero-order chi connectivity index (χ0) is 20.2. The van der Waals surface area contributed by atoms with Crippen LogP contribution in [0.2, 0.25) is 0 Å². The zero-order valence-electron chi connectivity index (χ0n) is 16.1. The van der Waals surface area contributed by atoms with Crippen LogP contribution in [0.3, 0.4) is 0 Å². The number of rotatable bonds is 6. The predicted octanol–water partition coefficient (Wildman–Crippen LogP) is 6.17. The maximum atomic E-state index is 11.7. The number of ether oxygens (including phenoxy) is 1. The average Bonchev–Trinajstić information content (AvgIpc) is 2.74. The van der Waals surface area contributed by atoms with Gasteiger partial charge in [-0.15, -0.1) is 0 Å². The van der Waals surface area contributed by atoms with Gasteiger partial charge in [0, 0.05) is 17.4 Å². The molecule has 0 aliphatic rings. The van der Waals surface area contributed by atoms with E-state index in [0.29, 0.717) is 5.75 Å². The van der Waals surface area contributed by atoms with Crippen molar-refractivity contribution >= 4 is 28.1 Å². The molecule has 0 bridgehead atoms. The molecule has 0 aliphatic heterocycles. The Morgan fingerprint density at radius 1 is 0.897 bits per heavy atom. The third kappa shape index (κ3) is 4.22. The van der Waals surface area contributed by atoms with Crippen LogP contribution in [0.25, 0.3) is 10.8 Å². The summed E-state index contributed by atoms with van der Waals surface area (Å²) in [6.07, 6.45) is 0. The topological polar surface area (TPSA) is 58.6 Å². The van der Waals surface area contributed by atoms with Gasteiger partial charge in [-0.1, -0.05) is 60.2 Å². The first kappa shape index (κ1) is 18.6. The predicted molar refractivity (Wildman–Crippen MR) is 116 cm³/mol. The van der Waals surface area contributed by atoms with E-state index in [1.165, 1.54) is 5.56 Å². The Hall–Kier alpha value is -3.79. The molecule has 0 aromatic heterocycles. The summed E-state index contributed by atoms with van der Waals surface area (Å²) in [5, 5.41) is 15.1. The molecule has 4 rings (SSSR count). The van der Waals surface area contributed by atoms with Crippen molar-refractivity contribution in [3.8, 4) is 5.75 Å². The Kier molecular flexibility index (Phi) is 5.16. The molecular formula is C25H21NO3. The normalized spacial score (nSPS) is 10.7. The molecule has 0 aliphatic carbocycles. The fraction of sp³-hybridized carbons (Fsp3) is 0.0800. The lowest BCUT2D eigenvalue weighted by Gasteiger charge is -2.14. The Morgan fingerprint density at radius 2 is 1.62 bits per heavy atom. The number of carbonyl (C=O) groups is 1. The highest BCUT2D eigenvalue weighted by molar-refractivity contribution is 5.92. The van der Waals surface area contributed by atoms with E-state index < -0.39 is 5.97 Å². The molecule has 4 aromatic carbocycles. The van der Waals surface area contributed by atoms with Crippen LogP contribution in [0.4, 0.5) is 11.4 Å². The van der Waals surface area contributed by atoms with Gasteiger partial charge in [0.2, 0.25) is 0 Å². The van der Waals surface area contributed by atoms with Crippen LogP contribution >= 0.6 is 0 Å². The van der Waals surface area contributed by atoms with E-state index in [0.717, 1.165) is 27.7 Å². The van der Waals surface area contributed by atoms with Crippen molar-refractivity contribution in [3.05, 3.63) is 102 Å². The van der Waals surface area contributed by atoms with Gasteiger partial charge in [0.15, 0.2) is 0 Å². The highest BCUT2D eigenvalue weighted by Gasteiger charge is 2.13. The number of anilines is 2. The molecule has 0 unspecified atom stereocenters. The molecule has 2 N–H and O–H groups in total. The fourth-order valence-electron chi connectivity index (χ4n) is 3.27. The van der Waals surface area contributed by atoms with Crippen LogP contribution < -0.4 is 10.1 Å². The van der Waals surface area contributed by atoms with Gasteiger partial charge in [0.1, 0.15) is 17.9 Å². The second kappa shape index (κ2) is 8.07. The summed E-state index contributed by atoms with van der Waals surface area (Å²) in [7, 11) is 0. The van der Waals surface area contributed by atoms with Gasteiger partial charge in [-0.3, -0.25) is 0 Å². The Labute approximate surface area is 169 Å². The molecule has 4 aromatic rings. The van der Waals surface area contributed by atoms with Crippen molar-refractivity contribution in [2.45, 2.75) is 13.5 Å². The highest BCUT2D eigenvalue weighted by Crippen LogP contribution is 2.28. The van der Waals surface area contributed by atoms with Crippen LogP contribution in [0, 0.1) is 6.92 Å². The van der Waals surface area contributed by atoms with Crippen molar-refractivity contribution in [2.75, 3.05) is 5.32 Å². The van der Waals surface area contributed by atoms with E-state index >= 15 is 0 Å². The van der Waals surface area contributed by atoms with Crippen LogP contribution in [0.15, 0.2) is 84.9 Å². The van der Waals surface area contributed by atoms with E-state index in [9.17, 15) is 9.90 Å². The van der Waals surface area contributed by atoms with E-state index in [4.69, 9.17) is 4.74 Å². The Morgan fingerprint density at radius 3 is 2.41 bits per heavy atom. The molecule has 0 saturated heterocycles. The number of aryl methyl sites for hydroxylation is 1. The summed E-state index contributed by atoms with van der Waals surface area (Å²) in [6.45, 7) is 2.32. The maximum Gasteiger partial charge on any atom is 0.339 e. The summed E-state index contributed by atoms with van der Waals surface area (Å²) >= 11 is 0. The molecule has 144 valence electrons. The first-order valence-corrected chi connectivity index (χ1v) is 9.40. The quantitative estimate of drug-likeness (QED) is 0.418. The third-order valence-corrected chi connectivity index (χ3v) is 4.82. The monoisotopic (exact) mass is 383 g/mol. The van der Waals surface area contributed by atoms with E-state index in [1.807, 2.05) is 73.7 Å². The number of hydrogen-bond donors (Lipinski definition) is 2. The minimum Gasteiger partial charge on any atom is -0.488 e. The second-order valence-electron chi connectivity index (χ2n) is 6.93. The molecule has 4 nitrogen and oxygen atoms in total. The number of nitrogens with one attached hydrogen (secondary N) is 1. The van der Waals surface area contributed by atoms with Gasteiger partial charge < -0.3 is 15.2 Å². The first-order chi connectivity index (χ1) is 14.1. The van der Waals surface area contributed by atoms with Crippen molar-refractivity contribution in [3.63, 3.8) is 0 Å². The Balaban J connectivity index is 1.60. The number of aromatic carboxylic acids is 1. The number of fused-ring (bicyclic) bond motifs is 1. The number of carboxylic acid groups (broad SMARTS) is 1. The van der Waals surface area contributed by atoms with Crippen molar-refractivity contribution in [2.24, 2.45) is 0 Å². The minimum atomic E-state index is -1.01. The zero-order valence-corrected chi connectivity index (χ0v) is 16.1. The molecule has 29 heavy (non-hydrogen) atoms. The molecule has 0 fully saturated rings. The number of benzene rings is 4. The van der Waals surface area contributed by atoms with Crippen LogP contribution in [0.5, 0.6) is 5.75 Å². The fourth-order valence-corrected chi connectivity index (χ4v) is 3.27. The molecule has 0 spiro atoms. The van der Waals surface area contributed by atoms with E-state index in [1.54, 1.807) is 18.2 Å². The number of hydrogen-bond acceptors (Lipinski definition) is 3. The van der Waals surface area contributed by atoms with Crippen LogP contribution in [-0.4, -0.2) is 11.1 Å². The van der Waals surface area contributed by atoms with Gasteiger partial charge in [-0.05, 0) is 47.5 Å². The van der Waals surface area contributed by atoms with Gasteiger partial charge in [-0.25, -0.2) is 4.79 Å². The first-order valence-electron chi connectivity index (χ1n) is 9.40. The average molecular weight is 383 g/mol. The Bertz CT molecular complexity index is 1160. The molecular weight excluding hydrogens is 362 g/mol. The largest absolute Gasteiger partial charge is 0.488 e. The van der Waals surface area contributed by atoms with Gasteiger partial charge in [-0.2, -0.15) is 0 Å². The van der Waals surface area contributed by atoms with E-state index in [-0.39, 0.29) is 12.2 Å². The van der Waals surface area contributed by atoms with Crippen molar-refractivity contribution in [1.29, 1.82) is 0 Å². The van der Waals surface area contributed by atoms with Crippen LogP contribution in [-0.2, 0) is 6.61 Å². The smallest absolute Gasteiger partial charge is 0.339 e. The molecule has 0 radical (unpaired) electrons. The maximum absolute atomic E-state index is 11.7. The standard InChI is InChI=1S/C25H21NO3/c1-17-9-11-20(12-10-17)26-21-13-14-23(25(27)28)24(15-21)29-16-19-7-4-6-18-5-2-3-8-22(18)19/h2-15,26H,16H2,1H3,(H,27,28). The lowest BCUT2D eigenvalue weighted by molar-refractivity contribution is 0.0692. The van der Waals surface area contributed by atoms with Crippen molar-refractivity contribution in [1.82, 2.24) is 0 Å². The summed E-state index contributed by atoms with van der Waals surface area (Å²) in [5.74, 6) is -0.678. The van der Waals surface area contributed by atoms with Crippen molar-refractivity contribution < 1.29 is 14.6 Å². The molecule has 0 saturated carbocycles. The molecule has 0 atom stereocenters. The van der Waals surface area contributed by atoms with Gasteiger partial charge in [0.05, 0.1) is 0 Å². The van der Waals surface area contributed by atoms with Crippen LogP contribution in [0.1, 0.15) is 21.5 Å². The summed E-state index contributed by atoms with van der Waals surface area (Å²) in [6, 6.07) is 27.1. The highest BCUT2D eigenvalue weighted by atomic mass is 16.5. The lowest BCUT2D eigenvalue weighted by atomic mass is 10.1. The molecule has 0 amide bonds. The molecule has 4 heteroatoms. The van der Waals surface area contributed by atoms with Gasteiger partial charge >= 0.3 is 5.97 Å².